The first-order chi connectivity index (χ1) is 10.0. The van der Waals surface area contributed by atoms with Gasteiger partial charge in [-0.25, -0.2) is 0 Å². The second-order valence-electron chi connectivity index (χ2n) is 4.65. The summed E-state index contributed by atoms with van der Waals surface area (Å²) in [6.07, 6.45) is 0.911. The van der Waals surface area contributed by atoms with Crippen molar-refractivity contribution in [3.05, 3.63) is 29.8 Å². The third-order valence-electron chi connectivity index (χ3n) is 3.05. The highest BCUT2D eigenvalue weighted by atomic mass is 16.5. The summed E-state index contributed by atoms with van der Waals surface area (Å²) >= 11 is 0. The SMILES string of the molecule is CCc1ccccc1N(CCOC(C)=O)CCOC(C)=O. The summed E-state index contributed by atoms with van der Waals surface area (Å²) in [4.78, 5) is 23.8. The Morgan fingerprint density at radius 1 is 1.00 bits per heavy atom. The number of carbonyl (C=O) groups is 2. The van der Waals surface area contributed by atoms with E-state index in [4.69, 9.17) is 9.47 Å². The minimum Gasteiger partial charge on any atom is -0.464 e. The molecule has 0 aromatic heterocycles. The fourth-order valence-electron chi connectivity index (χ4n) is 2.07. The molecule has 0 N–H and O–H groups in total. The van der Waals surface area contributed by atoms with E-state index in [1.807, 2.05) is 18.2 Å². The predicted octanol–water partition coefficient (Wildman–Crippen LogP) is 2.18. The number of carbonyl (C=O) groups excluding carboxylic acids is 2. The molecule has 1 rings (SSSR count). The molecule has 5 nitrogen and oxygen atoms in total. The largest absolute Gasteiger partial charge is 0.464 e. The Labute approximate surface area is 125 Å². The van der Waals surface area contributed by atoms with Crippen molar-refractivity contribution in [1.29, 1.82) is 0 Å². The Balaban J connectivity index is 2.73. The minimum absolute atomic E-state index is 0.293. The third-order valence-corrected chi connectivity index (χ3v) is 3.05. The Morgan fingerprint density at radius 3 is 2.00 bits per heavy atom. The van der Waals surface area contributed by atoms with E-state index in [0.29, 0.717) is 26.3 Å². The van der Waals surface area contributed by atoms with E-state index in [1.54, 1.807) is 0 Å². The number of esters is 2. The summed E-state index contributed by atoms with van der Waals surface area (Å²) in [5.74, 6) is -0.586. The minimum atomic E-state index is -0.293. The number of benzene rings is 1. The zero-order valence-corrected chi connectivity index (χ0v) is 12.9. The molecule has 21 heavy (non-hydrogen) atoms. The molecule has 0 saturated carbocycles. The zero-order valence-electron chi connectivity index (χ0n) is 12.9. The lowest BCUT2D eigenvalue weighted by atomic mass is 10.1. The standard InChI is InChI=1S/C16H23NO4/c1-4-15-7-5-6-8-16(15)17(9-11-20-13(2)18)10-12-21-14(3)19/h5-8H,4,9-12H2,1-3H3. The predicted molar refractivity (Wildman–Crippen MR) is 81.3 cm³/mol. The van der Waals surface area contributed by atoms with Gasteiger partial charge in [-0.3, -0.25) is 9.59 Å². The molecule has 0 fully saturated rings. The van der Waals surface area contributed by atoms with Gasteiger partial charge in [0.1, 0.15) is 13.2 Å². The Bertz CT molecular complexity index is 453. The summed E-state index contributed by atoms with van der Waals surface area (Å²) in [6.45, 7) is 6.64. The van der Waals surface area contributed by atoms with Crippen LogP contribution in [0.25, 0.3) is 0 Å². The van der Waals surface area contributed by atoms with Gasteiger partial charge >= 0.3 is 11.9 Å². The van der Waals surface area contributed by atoms with E-state index in [-0.39, 0.29) is 11.9 Å². The summed E-state index contributed by atoms with van der Waals surface area (Å²) in [5, 5.41) is 0. The van der Waals surface area contributed by atoms with Gasteiger partial charge in [0.25, 0.3) is 0 Å². The Kier molecular flexibility index (Phi) is 7.29. The molecule has 0 radical (unpaired) electrons. The lowest BCUT2D eigenvalue weighted by molar-refractivity contribution is -0.141. The molecule has 1 aromatic carbocycles. The van der Waals surface area contributed by atoms with E-state index in [1.165, 1.54) is 19.4 Å². The van der Waals surface area contributed by atoms with Crippen LogP contribution in [0.15, 0.2) is 24.3 Å². The molecule has 0 heterocycles. The molecule has 1 aromatic rings. The van der Waals surface area contributed by atoms with Crippen molar-refractivity contribution in [3.63, 3.8) is 0 Å². The average molecular weight is 293 g/mol. The molecule has 0 aliphatic rings. The van der Waals surface area contributed by atoms with Crippen molar-refractivity contribution in [2.45, 2.75) is 27.2 Å². The second kappa shape index (κ2) is 9.00. The third kappa shape index (κ3) is 6.29. The zero-order chi connectivity index (χ0) is 15.7. The highest BCUT2D eigenvalue weighted by molar-refractivity contribution is 5.66. The quantitative estimate of drug-likeness (QED) is 0.688. The van der Waals surface area contributed by atoms with E-state index >= 15 is 0 Å². The van der Waals surface area contributed by atoms with Gasteiger partial charge < -0.3 is 14.4 Å². The molecule has 0 saturated heterocycles. The lowest BCUT2D eigenvalue weighted by Crippen LogP contribution is -2.32. The Morgan fingerprint density at radius 2 is 1.52 bits per heavy atom. The van der Waals surface area contributed by atoms with Crippen LogP contribution >= 0.6 is 0 Å². The molecule has 0 unspecified atom stereocenters. The number of rotatable bonds is 8. The second-order valence-corrected chi connectivity index (χ2v) is 4.65. The maximum Gasteiger partial charge on any atom is 0.302 e. The van der Waals surface area contributed by atoms with Crippen molar-refractivity contribution in [1.82, 2.24) is 0 Å². The van der Waals surface area contributed by atoms with Crippen LogP contribution in [0.4, 0.5) is 5.69 Å². The summed E-state index contributed by atoms with van der Waals surface area (Å²) in [7, 11) is 0. The van der Waals surface area contributed by atoms with Gasteiger partial charge in [-0.15, -0.1) is 0 Å². The first-order valence-electron chi connectivity index (χ1n) is 7.14. The van der Waals surface area contributed by atoms with E-state index in [9.17, 15) is 9.59 Å². The van der Waals surface area contributed by atoms with Crippen LogP contribution < -0.4 is 4.90 Å². The molecular formula is C16H23NO4. The highest BCUT2D eigenvalue weighted by Gasteiger charge is 2.11. The molecule has 0 bridgehead atoms. The van der Waals surface area contributed by atoms with E-state index < -0.39 is 0 Å². The maximum atomic E-state index is 10.9. The van der Waals surface area contributed by atoms with Crippen LogP contribution in [0, 0.1) is 0 Å². The number of aryl methyl sites for hydroxylation is 1. The first-order valence-corrected chi connectivity index (χ1v) is 7.14. The normalized spacial score (nSPS) is 10.0. The van der Waals surface area contributed by atoms with Gasteiger partial charge in [0.2, 0.25) is 0 Å². The molecule has 0 aliphatic carbocycles. The maximum absolute atomic E-state index is 10.9. The topological polar surface area (TPSA) is 55.8 Å². The molecule has 0 atom stereocenters. The van der Waals surface area contributed by atoms with Gasteiger partial charge in [0.15, 0.2) is 0 Å². The first kappa shape index (κ1) is 17.0. The monoisotopic (exact) mass is 293 g/mol. The molecular weight excluding hydrogens is 270 g/mol. The van der Waals surface area contributed by atoms with E-state index in [2.05, 4.69) is 17.9 Å². The summed E-state index contributed by atoms with van der Waals surface area (Å²) in [5.41, 5.74) is 2.29. The van der Waals surface area contributed by atoms with Crippen LogP contribution in [0.3, 0.4) is 0 Å². The lowest BCUT2D eigenvalue weighted by Gasteiger charge is -2.26. The molecule has 0 aliphatic heterocycles. The van der Waals surface area contributed by atoms with Crippen LogP contribution in [-0.2, 0) is 25.5 Å². The fraction of sp³-hybridized carbons (Fsp3) is 0.500. The van der Waals surface area contributed by atoms with E-state index in [0.717, 1.165) is 12.1 Å². The van der Waals surface area contributed by atoms with Crippen molar-refractivity contribution < 1.29 is 19.1 Å². The van der Waals surface area contributed by atoms with Gasteiger partial charge in [-0.05, 0) is 18.1 Å². The highest BCUT2D eigenvalue weighted by Crippen LogP contribution is 2.20. The van der Waals surface area contributed by atoms with Crippen LogP contribution in [0.2, 0.25) is 0 Å². The van der Waals surface area contributed by atoms with Crippen molar-refractivity contribution >= 4 is 17.6 Å². The molecule has 116 valence electrons. The number of nitrogens with zero attached hydrogens (tertiary/aromatic N) is 1. The number of anilines is 1. The molecule has 5 heteroatoms. The number of para-hydroxylation sites is 1. The van der Waals surface area contributed by atoms with Gasteiger partial charge in [0.05, 0.1) is 13.1 Å². The molecule has 0 spiro atoms. The number of hydrogen-bond acceptors (Lipinski definition) is 5. The van der Waals surface area contributed by atoms with Gasteiger partial charge in [-0.1, -0.05) is 25.1 Å². The number of ether oxygens (including phenoxy) is 2. The average Bonchev–Trinajstić information content (AvgIpc) is 2.45. The van der Waals surface area contributed by atoms with Gasteiger partial charge in [-0.2, -0.15) is 0 Å². The number of hydrogen-bond donors (Lipinski definition) is 0. The molecule has 0 amide bonds. The van der Waals surface area contributed by atoms with Crippen molar-refractivity contribution in [3.8, 4) is 0 Å². The van der Waals surface area contributed by atoms with Crippen LogP contribution in [0.1, 0.15) is 26.3 Å². The Hall–Kier alpha value is -2.04. The van der Waals surface area contributed by atoms with Crippen LogP contribution in [-0.4, -0.2) is 38.2 Å². The van der Waals surface area contributed by atoms with Crippen molar-refractivity contribution in [2.24, 2.45) is 0 Å². The van der Waals surface area contributed by atoms with Crippen LogP contribution in [0.5, 0.6) is 0 Å². The summed E-state index contributed by atoms with van der Waals surface area (Å²) < 4.78 is 10.0. The van der Waals surface area contributed by atoms with Crippen molar-refractivity contribution in [2.75, 3.05) is 31.2 Å². The summed E-state index contributed by atoms with van der Waals surface area (Å²) in [6, 6.07) is 8.07. The fourth-order valence-corrected chi connectivity index (χ4v) is 2.07. The van der Waals surface area contributed by atoms with Gasteiger partial charge in [0, 0.05) is 19.5 Å². The smallest absolute Gasteiger partial charge is 0.302 e.